The maximum Gasteiger partial charge on any atom is 0.0726 e. The maximum absolute atomic E-state index is 5.68. The van der Waals surface area contributed by atoms with Gasteiger partial charge in [-0.3, -0.25) is 4.98 Å². The van der Waals surface area contributed by atoms with Crippen molar-refractivity contribution in [3.05, 3.63) is 24.5 Å². The molecule has 1 aliphatic rings. The first kappa shape index (κ1) is 9.46. The van der Waals surface area contributed by atoms with Crippen molar-refractivity contribution in [2.75, 3.05) is 18.0 Å². The molecule has 14 heavy (non-hydrogen) atoms. The molecule has 1 saturated heterocycles. The molecule has 0 radical (unpaired) electrons. The van der Waals surface area contributed by atoms with Crippen LogP contribution in [0.15, 0.2) is 24.5 Å². The fourth-order valence-electron chi connectivity index (χ4n) is 1.93. The standard InChI is InChI=1S/C11H16N2O/c1-9-7-13(8-10(2)14-9)11-4-3-5-12-6-11/h3-6,9-10H,7-8H2,1-2H3/t9-,10+. The predicted molar refractivity (Wildman–Crippen MR) is 56.5 cm³/mol. The highest BCUT2D eigenvalue weighted by Crippen LogP contribution is 2.18. The first-order valence-electron chi connectivity index (χ1n) is 5.06. The van der Waals surface area contributed by atoms with Gasteiger partial charge >= 0.3 is 0 Å². The average Bonchev–Trinajstić information content (AvgIpc) is 2.18. The lowest BCUT2D eigenvalue weighted by molar-refractivity contribution is -0.00523. The summed E-state index contributed by atoms with van der Waals surface area (Å²) in [5.74, 6) is 0. The van der Waals surface area contributed by atoms with E-state index >= 15 is 0 Å². The number of aromatic nitrogens is 1. The number of ether oxygens (including phenoxy) is 1. The number of nitrogens with zero attached hydrogens (tertiary/aromatic N) is 2. The van der Waals surface area contributed by atoms with Gasteiger partial charge in [0.1, 0.15) is 0 Å². The summed E-state index contributed by atoms with van der Waals surface area (Å²) in [6.45, 7) is 6.13. The molecule has 2 rings (SSSR count). The highest BCUT2D eigenvalue weighted by molar-refractivity contribution is 5.44. The third-order valence-corrected chi connectivity index (χ3v) is 2.43. The van der Waals surface area contributed by atoms with Gasteiger partial charge in [0.05, 0.1) is 24.1 Å². The van der Waals surface area contributed by atoms with Gasteiger partial charge in [-0.25, -0.2) is 0 Å². The summed E-state index contributed by atoms with van der Waals surface area (Å²) in [6.07, 6.45) is 4.32. The molecule has 2 atom stereocenters. The molecule has 3 nitrogen and oxygen atoms in total. The van der Waals surface area contributed by atoms with Gasteiger partial charge in [0.25, 0.3) is 0 Å². The number of morpholine rings is 1. The molecule has 0 spiro atoms. The summed E-state index contributed by atoms with van der Waals surface area (Å²) in [6, 6.07) is 4.07. The van der Waals surface area contributed by atoms with Crippen LogP contribution < -0.4 is 4.90 Å². The lowest BCUT2D eigenvalue weighted by atomic mass is 10.2. The quantitative estimate of drug-likeness (QED) is 0.677. The second-order valence-corrected chi connectivity index (χ2v) is 3.87. The number of anilines is 1. The van der Waals surface area contributed by atoms with Crippen molar-refractivity contribution in [2.24, 2.45) is 0 Å². The second-order valence-electron chi connectivity index (χ2n) is 3.87. The van der Waals surface area contributed by atoms with Crippen LogP contribution in [0.2, 0.25) is 0 Å². The largest absolute Gasteiger partial charge is 0.372 e. The van der Waals surface area contributed by atoms with Crippen molar-refractivity contribution >= 4 is 5.69 Å². The number of pyridine rings is 1. The Balaban J connectivity index is 2.11. The molecule has 1 aromatic rings. The van der Waals surface area contributed by atoms with Crippen LogP contribution in [0.25, 0.3) is 0 Å². The van der Waals surface area contributed by atoms with E-state index < -0.39 is 0 Å². The lowest BCUT2D eigenvalue weighted by Crippen LogP contribution is -2.45. The van der Waals surface area contributed by atoms with Crippen molar-refractivity contribution in [1.82, 2.24) is 4.98 Å². The molecule has 3 heteroatoms. The molecule has 0 aromatic carbocycles. The minimum absolute atomic E-state index is 0.305. The summed E-state index contributed by atoms with van der Waals surface area (Å²) in [5.41, 5.74) is 1.19. The summed E-state index contributed by atoms with van der Waals surface area (Å²) in [4.78, 5) is 6.45. The summed E-state index contributed by atoms with van der Waals surface area (Å²) >= 11 is 0. The van der Waals surface area contributed by atoms with E-state index in [1.165, 1.54) is 5.69 Å². The third-order valence-electron chi connectivity index (χ3n) is 2.43. The zero-order valence-electron chi connectivity index (χ0n) is 8.68. The Labute approximate surface area is 84.7 Å². The van der Waals surface area contributed by atoms with Crippen LogP contribution in [-0.4, -0.2) is 30.3 Å². The second kappa shape index (κ2) is 3.96. The molecular formula is C11H16N2O. The van der Waals surface area contributed by atoms with Crippen molar-refractivity contribution in [1.29, 1.82) is 0 Å². The molecule has 76 valence electrons. The molecule has 0 aliphatic carbocycles. The molecule has 0 N–H and O–H groups in total. The van der Waals surface area contributed by atoms with Gasteiger partial charge in [0.15, 0.2) is 0 Å². The zero-order chi connectivity index (χ0) is 9.97. The summed E-state index contributed by atoms with van der Waals surface area (Å²) in [5, 5.41) is 0. The van der Waals surface area contributed by atoms with E-state index in [9.17, 15) is 0 Å². The molecule has 0 bridgehead atoms. The normalized spacial score (nSPS) is 27.7. The third kappa shape index (κ3) is 2.04. The molecule has 0 amide bonds. The summed E-state index contributed by atoms with van der Waals surface area (Å²) in [7, 11) is 0. The average molecular weight is 192 g/mol. The fourth-order valence-corrected chi connectivity index (χ4v) is 1.93. The van der Waals surface area contributed by atoms with Gasteiger partial charge in [-0.05, 0) is 26.0 Å². The van der Waals surface area contributed by atoms with Crippen molar-refractivity contribution in [3.8, 4) is 0 Å². The van der Waals surface area contributed by atoms with E-state index in [0.717, 1.165) is 13.1 Å². The Morgan fingerprint density at radius 2 is 2.07 bits per heavy atom. The van der Waals surface area contributed by atoms with Crippen LogP contribution in [0.3, 0.4) is 0 Å². The monoisotopic (exact) mass is 192 g/mol. The van der Waals surface area contributed by atoms with E-state index in [-0.39, 0.29) is 0 Å². The van der Waals surface area contributed by atoms with Gasteiger partial charge in [-0.15, -0.1) is 0 Å². The van der Waals surface area contributed by atoms with E-state index in [4.69, 9.17) is 4.74 Å². The Bertz CT molecular complexity index is 279. The fraction of sp³-hybridized carbons (Fsp3) is 0.545. The molecule has 0 saturated carbocycles. The van der Waals surface area contributed by atoms with Gasteiger partial charge < -0.3 is 9.64 Å². The molecule has 1 fully saturated rings. The van der Waals surface area contributed by atoms with Crippen LogP contribution in [-0.2, 0) is 4.74 Å². The smallest absolute Gasteiger partial charge is 0.0726 e. The molecule has 1 aliphatic heterocycles. The Hall–Kier alpha value is -1.09. The number of hydrogen-bond donors (Lipinski definition) is 0. The molecular weight excluding hydrogens is 176 g/mol. The topological polar surface area (TPSA) is 25.4 Å². The predicted octanol–water partition coefficient (Wildman–Crippen LogP) is 1.70. The van der Waals surface area contributed by atoms with Gasteiger partial charge in [-0.2, -0.15) is 0 Å². The maximum atomic E-state index is 5.68. The Kier molecular flexibility index (Phi) is 2.68. The molecule has 2 heterocycles. The highest BCUT2D eigenvalue weighted by atomic mass is 16.5. The van der Waals surface area contributed by atoms with Crippen LogP contribution in [0.5, 0.6) is 0 Å². The number of hydrogen-bond acceptors (Lipinski definition) is 3. The Morgan fingerprint density at radius 1 is 1.36 bits per heavy atom. The van der Waals surface area contributed by atoms with Crippen LogP contribution >= 0.6 is 0 Å². The van der Waals surface area contributed by atoms with Crippen molar-refractivity contribution in [3.63, 3.8) is 0 Å². The van der Waals surface area contributed by atoms with E-state index in [2.05, 4.69) is 29.8 Å². The Morgan fingerprint density at radius 3 is 2.64 bits per heavy atom. The first-order chi connectivity index (χ1) is 6.75. The number of rotatable bonds is 1. The summed E-state index contributed by atoms with van der Waals surface area (Å²) < 4.78 is 5.68. The van der Waals surface area contributed by atoms with Gasteiger partial charge in [0.2, 0.25) is 0 Å². The van der Waals surface area contributed by atoms with Crippen molar-refractivity contribution < 1.29 is 4.74 Å². The van der Waals surface area contributed by atoms with Gasteiger partial charge in [-0.1, -0.05) is 0 Å². The van der Waals surface area contributed by atoms with Crippen molar-refractivity contribution in [2.45, 2.75) is 26.1 Å². The minimum Gasteiger partial charge on any atom is -0.372 e. The SMILES string of the molecule is C[C@@H]1CN(c2cccnc2)C[C@H](C)O1. The van der Waals surface area contributed by atoms with Crippen LogP contribution in [0, 0.1) is 0 Å². The minimum atomic E-state index is 0.305. The molecule has 1 aromatic heterocycles. The van der Waals surface area contributed by atoms with Crippen LogP contribution in [0.1, 0.15) is 13.8 Å². The van der Waals surface area contributed by atoms with E-state index in [0.29, 0.717) is 12.2 Å². The zero-order valence-corrected chi connectivity index (χ0v) is 8.68. The van der Waals surface area contributed by atoms with E-state index in [1.54, 1.807) is 6.20 Å². The van der Waals surface area contributed by atoms with Crippen LogP contribution in [0.4, 0.5) is 5.69 Å². The molecule has 0 unspecified atom stereocenters. The first-order valence-corrected chi connectivity index (χ1v) is 5.06. The lowest BCUT2D eigenvalue weighted by Gasteiger charge is -2.36. The van der Waals surface area contributed by atoms with Gasteiger partial charge in [0, 0.05) is 19.3 Å². The van der Waals surface area contributed by atoms with E-state index in [1.807, 2.05) is 12.3 Å². The highest BCUT2D eigenvalue weighted by Gasteiger charge is 2.22.